The molecule has 3 N–H and O–H groups in total. The summed E-state index contributed by atoms with van der Waals surface area (Å²) >= 11 is 0. The highest BCUT2D eigenvalue weighted by Crippen LogP contribution is 2.27. The van der Waals surface area contributed by atoms with Crippen LogP contribution in [0.25, 0.3) is 11.0 Å². The van der Waals surface area contributed by atoms with E-state index in [-0.39, 0.29) is 24.2 Å². The zero-order valence-electron chi connectivity index (χ0n) is 17.7. The van der Waals surface area contributed by atoms with E-state index in [9.17, 15) is 14.0 Å². The zero-order chi connectivity index (χ0) is 22.8. The Morgan fingerprint density at radius 1 is 1.09 bits per heavy atom. The first kappa shape index (κ1) is 20.7. The Hall–Kier alpha value is -4.20. The minimum absolute atomic E-state index is 0.00383. The molecule has 0 fully saturated rings. The van der Waals surface area contributed by atoms with Gasteiger partial charge in [0.2, 0.25) is 5.91 Å². The third kappa shape index (κ3) is 4.69. The summed E-state index contributed by atoms with van der Waals surface area (Å²) in [6.45, 7) is -0.148. The van der Waals surface area contributed by atoms with E-state index in [1.165, 1.54) is 6.07 Å². The second-order valence-electron chi connectivity index (χ2n) is 7.89. The van der Waals surface area contributed by atoms with E-state index in [0.29, 0.717) is 42.1 Å². The second kappa shape index (κ2) is 8.74. The summed E-state index contributed by atoms with van der Waals surface area (Å²) in [6, 6.07) is 17.3. The number of carbonyl (C=O) groups is 2. The average molecular weight is 444 g/mol. The van der Waals surface area contributed by atoms with Crippen molar-refractivity contribution in [1.29, 1.82) is 0 Å². The molecule has 0 bridgehead atoms. The van der Waals surface area contributed by atoms with Crippen LogP contribution in [0, 0.1) is 5.82 Å². The van der Waals surface area contributed by atoms with Gasteiger partial charge in [0.1, 0.15) is 17.4 Å². The molecule has 1 aromatic heterocycles. The van der Waals surface area contributed by atoms with Gasteiger partial charge >= 0.3 is 0 Å². The van der Waals surface area contributed by atoms with Gasteiger partial charge in [0, 0.05) is 24.2 Å². The number of carbonyl (C=O) groups excluding carboxylic acids is 2. The van der Waals surface area contributed by atoms with Crippen LogP contribution in [-0.4, -0.2) is 28.4 Å². The molecule has 33 heavy (non-hydrogen) atoms. The summed E-state index contributed by atoms with van der Waals surface area (Å²) in [4.78, 5) is 31.5. The molecule has 3 aromatic carbocycles. The predicted molar refractivity (Wildman–Crippen MR) is 123 cm³/mol. The molecule has 2 heterocycles. The lowest BCUT2D eigenvalue weighted by Gasteiger charge is -2.17. The number of aromatic nitrogens is 2. The van der Waals surface area contributed by atoms with E-state index < -0.39 is 0 Å². The number of halogens is 1. The fraction of sp³-hybridized carbons (Fsp3) is 0.160. The lowest BCUT2D eigenvalue weighted by molar-refractivity contribution is -0.118. The van der Waals surface area contributed by atoms with Crippen LogP contribution in [0.5, 0.6) is 5.75 Å². The molecule has 0 saturated carbocycles. The van der Waals surface area contributed by atoms with Crippen molar-refractivity contribution in [3.63, 3.8) is 0 Å². The number of hydrogen-bond donors (Lipinski definition) is 3. The maximum Gasteiger partial charge on any atom is 0.262 e. The van der Waals surface area contributed by atoms with Gasteiger partial charge in [-0.3, -0.25) is 9.59 Å². The predicted octanol–water partition coefficient (Wildman–Crippen LogP) is 4.20. The topological polar surface area (TPSA) is 96.1 Å². The molecule has 0 spiro atoms. The first-order valence-electron chi connectivity index (χ1n) is 10.6. The standard InChI is InChI=1S/C25H21FN4O3/c26-19-4-2-1-3-15(19)12-23-28-21-8-6-17(13-22(21)29-23)27-25(32)14-33-18-7-9-20-16(11-18)5-10-24(31)30-20/h1-4,6-9,11,13H,5,10,12,14H2,(H,27,32)(H,28,29)(H,30,31). The number of aryl methyl sites for hydroxylation is 1. The SMILES string of the molecule is O=C(COc1ccc2c(c1)CCC(=O)N2)Nc1ccc2nc(Cc3ccccc3F)[nH]c2c1. The van der Waals surface area contributed by atoms with Crippen LogP contribution >= 0.6 is 0 Å². The molecule has 2 amide bonds. The van der Waals surface area contributed by atoms with Gasteiger partial charge in [-0.15, -0.1) is 0 Å². The van der Waals surface area contributed by atoms with Crippen molar-refractivity contribution in [3.8, 4) is 5.75 Å². The second-order valence-corrected chi connectivity index (χ2v) is 7.89. The molecule has 0 radical (unpaired) electrons. The molecular weight excluding hydrogens is 423 g/mol. The molecule has 0 unspecified atom stereocenters. The Bertz CT molecular complexity index is 1370. The van der Waals surface area contributed by atoms with Gasteiger partial charge < -0.3 is 20.4 Å². The lowest BCUT2D eigenvalue weighted by atomic mass is 10.0. The normalized spacial score (nSPS) is 12.8. The maximum atomic E-state index is 13.9. The number of nitrogens with one attached hydrogen (secondary N) is 3. The molecule has 5 rings (SSSR count). The summed E-state index contributed by atoms with van der Waals surface area (Å²) in [5.74, 6) is 0.651. The van der Waals surface area contributed by atoms with Crippen LogP contribution in [0.15, 0.2) is 60.7 Å². The monoisotopic (exact) mass is 444 g/mol. The molecule has 0 saturated heterocycles. The molecule has 1 aliphatic heterocycles. The summed E-state index contributed by atoms with van der Waals surface area (Å²) in [6.07, 6.45) is 1.43. The summed E-state index contributed by atoms with van der Waals surface area (Å²) < 4.78 is 19.5. The molecular formula is C25H21FN4O3. The minimum Gasteiger partial charge on any atom is -0.484 e. The Morgan fingerprint density at radius 3 is 2.85 bits per heavy atom. The number of rotatable bonds is 6. The highest BCUT2D eigenvalue weighted by Gasteiger charge is 2.15. The van der Waals surface area contributed by atoms with E-state index in [0.717, 1.165) is 22.3 Å². The fourth-order valence-electron chi connectivity index (χ4n) is 3.84. The number of hydrogen-bond acceptors (Lipinski definition) is 4. The van der Waals surface area contributed by atoms with E-state index in [4.69, 9.17) is 4.74 Å². The van der Waals surface area contributed by atoms with Crippen molar-refractivity contribution in [2.75, 3.05) is 17.2 Å². The van der Waals surface area contributed by atoms with E-state index >= 15 is 0 Å². The number of amides is 2. The average Bonchev–Trinajstić information content (AvgIpc) is 3.21. The largest absolute Gasteiger partial charge is 0.484 e. The summed E-state index contributed by atoms with van der Waals surface area (Å²) in [5.41, 5.74) is 4.42. The number of ether oxygens (including phenoxy) is 1. The molecule has 4 aromatic rings. The molecule has 0 aliphatic carbocycles. The summed E-state index contributed by atoms with van der Waals surface area (Å²) in [7, 11) is 0. The number of benzene rings is 3. The van der Waals surface area contributed by atoms with Crippen LogP contribution in [0.1, 0.15) is 23.4 Å². The van der Waals surface area contributed by atoms with Gasteiger partial charge in [-0.2, -0.15) is 0 Å². The van der Waals surface area contributed by atoms with Gasteiger partial charge in [0.15, 0.2) is 6.61 Å². The summed E-state index contributed by atoms with van der Waals surface area (Å²) in [5, 5.41) is 5.63. The van der Waals surface area contributed by atoms with Gasteiger partial charge in [-0.05, 0) is 60.0 Å². The Labute approximate surface area is 189 Å². The van der Waals surface area contributed by atoms with Crippen molar-refractivity contribution in [1.82, 2.24) is 9.97 Å². The third-order valence-corrected chi connectivity index (χ3v) is 5.47. The van der Waals surface area contributed by atoms with Crippen LogP contribution in [-0.2, 0) is 22.4 Å². The van der Waals surface area contributed by atoms with Gasteiger partial charge in [0.05, 0.1) is 11.0 Å². The molecule has 166 valence electrons. The van der Waals surface area contributed by atoms with Crippen molar-refractivity contribution >= 4 is 34.2 Å². The molecule has 0 atom stereocenters. The van der Waals surface area contributed by atoms with Gasteiger partial charge in [-0.25, -0.2) is 9.37 Å². The van der Waals surface area contributed by atoms with E-state index in [2.05, 4.69) is 20.6 Å². The van der Waals surface area contributed by atoms with Crippen LogP contribution in [0.4, 0.5) is 15.8 Å². The minimum atomic E-state index is -0.300. The molecule has 1 aliphatic rings. The van der Waals surface area contributed by atoms with Crippen molar-refractivity contribution in [2.45, 2.75) is 19.3 Å². The highest BCUT2D eigenvalue weighted by atomic mass is 19.1. The van der Waals surface area contributed by atoms with Crippen LogP contribution in [0.2, 0.25) is 0 Å². The fourth-order valence-corrected chi connectivity index (χ4v) is 3.84. The Kier molecular flexibility index (Phi) is 5.48. The van der Waals surface area contributed by atoms with Gasteiger partial charge in [-0.1, -0.05) is 18.2 Å². The number of anilines is 2. The van der Waals surface area contributed by atoms with Crippen molar-refractivity contribution < 1.29 is 18.7 Å². The van der Waals surface area contributed by atoms with Crippen molar-refractivity contribution in [2.24, 2.45) is 0 Å². The molecule has 7 nitrogen and oxygen atoms in total. The number of fused-ring (bicyclic) bond motifs is 2. The van der Waals surface area contributed by atoms with Gasteiger partial charge in [0.25, 0.3) is 5.91 Å². The Balaban J connectivity index is 1.21. The lowest BCUT2D eigenvalue weighted by Crippen LogP contribution is -2.21. The third-order valence-electron chi connectivity index (χ3n) is 5.47. The van der Waals surface area contributed by atoms with Crippen molar-refractivity contribution in [3.05, 3.63) is 83.4 Å². The maximum absolute atomic E-state index is 13.9. The smallest absolute Gasteiger partial charge is 0.262 e. The van der Waals surface area contributed by atoms with Crippen LogP contribution in [0.3, 0.4) is 0 Å². The van der Waals surface area contributed by atoms with E-state index in [1.807, 2.05) is 6.07 Å². The number of H-pyrrole nitrogens is 1. The quantitative estimate of drug-likeness (QED) is 0.415. The van der Waals surface area contributed by atoms with E-state index in [1.54, 1.807) is 48.5 Å². The molecule has 8 heteroatoms. The van der Waals surface area contributed by atoms with Crippen LogP contribution < -0.4 is 15.4 Å². The Morgan fingerprint density at radius 2 is 1.97 bits per heavy atom. The zero-order valence-corrected chi connectivity index (χ0v) is 17.7. The number of nitrogens with zero attached hydrogens (tertiary/aromatic N) is 1. The number of imidazole rings is 1. The first-order valence-corrected chi connectivity index (χ1v) is 10.6. The first-order chi connectivity index (χ1) is 16.0. The highest BCUT2D eigenvalue weighted by molar-refractivity contribution is 5.95. The number of aromatic amines is 1.